The van der Waals surface area contributed by atoms with Gasteiger partial charge in [-0.15, -0.1) is 5.10 Å². The van der Waals surface area contributed by atoms with Crippen LogP contribution in [-0.2, 0) is 4.79 Å². The van der Waals surface area contributed by atoms with E-state index in [1.807, 2.05) is 37.3 Å². The van der Waals surface area contributed by atoms with Crippen LogP contribution < -0.4 is 10.1 Å². The third-order valence-electron chi connectivity index (χ3n) is 4.50. The molecule has 1 heterocycles. The van der Waals surface area contributed by atoms with Gasteiger partial charge in [0, 0.05) is 0 Å². The average Bonchev–Trinajstić information content (AvgIpc) is 3.16. The zero-order valence-corrected chi connectivity index (χ0v) is 17.2. The second-order valence-corrected chi connectivity index (χ2v) is 7.41. The number of para-hydroxylation sites is 2. The van der Waals surface area contributed by atoms with Crippen molar-refractivity contribution >= 4 is 17.7 Å². The molecule has 146 valence electrons. The lowest BCUT2D eigenvalue weighted by atomic mass is 10.0. The number of nitrogens with one attached hydrogen (secondary N) is 1. The molecule has 0 aliphatic rings. The molecule has 0 bridgehead atoms. The highest BCUT2D eigenvalue weighted by Gasteiger charge is 2.16. The second kappa shape index (κ2) is 8.88. The van der Waals surface area contributed by atoms with Crippen LogP contribution in [0.2, 0.25) is 0 Å². The van der Waals surface area contributed by atoms with Gasteiger partial charge in [0.25, 0.3) is 0 Å². The first-order valence-electron chi connectivity index (χ1n) is 8.90. The number of thioether (sulfide) groups is 1. The van der Waals surface area contributed by atoms with Gasteiger partial charge in [-0.1, -0.05) is 42.1 Å². The van der Waals surface area contributed by atoms with E-state index >= 15 is 0 Å². The Morgan fingerprint density at radius 1 is 1.21 bits per heavy atom. The molecule has 0 aliphatic carbocycles. The number of ether oxygens (including phenoxy) is 1. The summed E-state index contributed by atoms with van der Waals surface area (Å²) < 4.78 is 6.94. The van der Waals surface area contributed by atoms with Crippen LogP contribution in [0.25, 0.3) is 5.69 Å². The Kier molecular flexibility index (Phi) is 6.30. The van der Waals surface area contributed by atoms with Gasteiger partial charge in [0.05, 0.1) is 18.9 Å². The molecule has 0 fully saturated rings. The Hall–Kier alpha value is -2.87. The van der Waals surface area contributed by atoms with E-state index < -0.39 is 0 Å². The highest BCUT2D eigenvalue weighted by atomic mass is 32.2. The number of nitrogens with zero attached hydrogens (tertiary/aromatic N) is 4. The number of amides is 1. The van der Waals surface area contributed by atoms with Crippen molar-refractivity contribution in [1.29, 1.82) is 0 Å². The van der Waals surface area contributed by atoms with Crippen LogP contribution >= 0.6 is 11.8 Å². The van der Waals surface area contributed by atoms with Crippen molar-refractivity contribution in [3.63, 3.8) is 0 Å². The molecule has 1 N–H and O–H groups in total. The van der Waals surface area contributed by atoms with Crippen molar-refractivity contribution in [3.05, 3.63) is 59.2 Å². The number of aryl methyl sites for hydroxylation is 2. The fourth-order valence-electron chi connectivity index (χ4n) is 2.76. The van der Waals surface area contributed by atoms with E-state index in [0.29, 0.717) is 10.9 Å². The maximum Gasteiger partial charge on any atom is 0.230 e. The molecule has 0 saturated heterocycles. The van der Waals surface area contributed by atoms with Crippen molar-refractivity contribution in [2.24, 2.45) is 0 Å². The van der Waals surface area contributed by atoms with E-state index in [4.69, 9.17) is 4.74 Å². The normalized spacial score (nSPS) is 11.9. The molecule has 1 unspecified atom stereocenters. The van der Waals surface area contributed by atoms with E-state index in [9.17, 15) is 4.79 Å². The molecule has 1 aromatic heterocycles. The predicted molar refractivity (Wildman–Crippen MR) is 109 cm³/mol. The van der Waals surface area contributed by atoms with Gasteiger partial charge in [0.1, 0.15) is 11.4 Å². The SMILES string of the molecule is COc1ccccc1-n1nnnc1SCC(=O)NC(C)c1ccc(C)c(C)c1. The Labute approximate surface area is 168 Å². The van der Waals surface area contributed by atoms with Crippen molar-refractivity contribution < 1.29 is 9.53 Å². The largest absolute Gasteiger partial charge is 0.494 e. The monoisotopic (exact) mass is 397 g/mol. The Bertz CT molecular complexity index is 973. The lowest BCUT2D eigenvalue weighted by molar-refractivity contribution is -0.119. The van der Waals surface area contributed by atoms with Crippen LogP contribution in [0.1, 0.15) is 29.7 Å². The molecule has 3 aromatic rings. The van der Waals surface area contributed by atoms with Crippen LogP contribution in [-0.4, -0.2) is 39.0 Å². The van der Waals surface area contributed by atoms with Gasteiger partial charge in [0.15, 0.2) is 0 Å². The minimum absolute atomic E-state index is 0.0717. The van der Waals surface area contributed by atoms with Gasteiger partial charge in [-0.05, 0) is 60.0 Å². The standard InChI is InChI=1S/C20H23N5O2S/c1-13-9-10-16(11-14(13)2)15(3)21-19(26)12-28-20-22-23-24-25(20)17-7-5-6-8-18(17)27-4/h5-11,15H,12H2,1-4H3,(H,21,26). The Balaban J connectivity index is 1.64. The number of methoxy groups -OCH3 is 1. The molecule has 1 atom stereocenters. The van der Waals surface area contributed by atoms with Gasteiger partial charge >= 0.3 is 0 Å². The summed E-state index contributed by atoms with van der Waals surface area (Å²) >= 11 is 1.28. The second-order valence-electron chi connectivity index (χ2n) is 6.47. The topological polar surface area (TPSA) is 81.9 Å². The fraction of sp³-hybridized carbons (Fsp3) is 0.300. The highest BCUT2D eigenvalue weighted by Crippen LogP contribution is 2.25. The highest BCUT2D eigenvalue weighted by molar-refractivity contribution is 7.99. The van der Waals surface area contributed by atoms with Gasteiger partial charge in [0.2, 0.25) is 11.1 Å². The zero-order chi connectivity index (χ0) is 20.1. The smallest absolute Gasteiger partial charge is 0.230 e. The van der Waals surface area contributed by atoms with E-state index in [1.54, 1.807) is 11.8 Å². The minimum atomic E-state index is -0.0784. The summed E-state index contributed by atoms with van der Waals surface area (Å²) in [7, 11) is 1.59. The summed E-state index contributed by atoms with van der Waals surface area (Å²) in [4.78, 5) is 12.4. The van der Waals surface area contributed by atoms with E-state index in [2.05, 4.69) is 46.8 Å². The van der Waals surface area contributed by atoms with Gasteiger partial charge < -0.3 is 10.1 Å². The summed E-state index contributed by atoms with van der Waals surface area (Å²) in [6.45, 7) is 6.12. The number of carbonyl (C=O) groups excluding carboxylic acids is 1. The number of hydrogen-bond donors (Lipinski definition) is 1. The van der Waals surface area contributed by atoms with Crippen LogP contribution in [0, 0.1) is 13.8 Å². The van der Waals surface area contributed by atoms with Gasteiger partial charge in [-0.25, -0.2) is 0 Å². The number of carbonyl (C=O) groups is 1. The molecule has 3 rings (SSSR count). The van der Waals surface area contributed by atoms with E-state index in [-0.39, 0.29) is 17.7 Å². The third kappa shape index (κ3) is 4.51. The first-order chi connectivity index (χ1) is 13.5. The molecule has 0 radical (unpaired) electrons. The van der Waals surface area contributed by atoms with Crippen molar-refractivity contribution in [3.8, 4) is 11.4 Å². The molecular weight excluding hydrogens is 374 g/mol. The zero-order valence-electron chi connectivity index (χ0n) is 16.3. The maximum atomic E-state index is 12.4. The van der Waals surface area contributed by atoms with Crippen LogP contribution in [0.5, 0.6) is 5.75 Å². The maximum absolute atomic E-state index is 12.4. The summed E-state index contributed by atoms with van der Waals surface area (Å²) in [6, 6.07) is 13.6. The number of tetrazole rings is 1. The quantitative estimate of drug-likeness (QED) is 0.616. The molecule has 0 saturated carbocycles. The fourth-order valence-corrected chi connectivity index (χ4v) is 3.45. The lowest BCUT2D eigenvalue weighted by Gasteiger charge is -2.15. The number of hydrogen-bond acceptors (Lipinski definition) is 6. The summed E-state index contributed by atoms with van der Waals surface area (Å²) in [5.41, 5.74) is 4.26. The molecule has 7 nitrogen and oxygen atoms in total. The molecule has 1 amide bonds. The van der Waals surface area contributed by atoms with Crippen molar-refractivity contribution in [2.75, 3.05) is 12.9 Å². The molecular formula is C20H23N5O2S. The third-order valence-corrected chi connectivity index (χ3v) is 5.41. The van der Waals surface area contributed by atoms with Gasteiger partial charge in [-0.3, -0.25) is 4.79 Å². The number of rotatable bonds is 7. The van der Waals surface area contributed by atoms with Gasteiger partial charge in [-0.2, -0.15) is 4.68 Å². The number of aromatic nitrogens is 4. The Morgan fingerprint density at radius 3 is 2.75 bits per heavy atom. The summed E-state index contributed by atoms with van der Waals surface area (Å²) in [5, 5.41) is 15.3. The Morgan fingerprint density at radius 2 is 2.00 bits per heavy atom. The van der Waals surface area contributed by atoms with Crippen LogP contribution in [0.4, 0.5) is 0 Å². The van der Waals surface area contributed by atoms with Crippen LogP contribution in [0.3, 0.4) is 0 Å². The minimum Gasteiger partial charge on any atom is -0.494 e. The van der Waals surface area contributed by atoms with E-state index in [0.717, 1.165) is 11.3 Å². The predicted octanol–water partition coefficient (Wildman–Crippen LogP) is 3.26. The average molecular weight is 398 g/mol. The molecule has 0 spiro atoms. The lowest BCUT2D eigenvalue weighted by Crippen LogP contribution is -2.28. The summed E-state index contributed by atoms with van der Waals surface area (Å²) in [6.07, 6.45) is 0. The van der Waals surface area contributed by atoms with Crippen molar-refractivity contribution in [1.82, 2.24) is 25.5 Å². The molecule has 2 aromatic carbocycles. The molecule has 8 heteroatoms. The first kappa shape index (κ1) is 19.9. The first-order valence-corrected chi connectivity index (χ1v) is 9.89. The number of benzene rings is 2. The molecule has 0 aliphatic heterocycles. The summed E-state index contributed by atoms with van der Waals surface area (Å²) in [5.74, 6) is 0.791. The molecule has 28 heavy (non-hydrogen) atoms. The van der Waals surface area contributed by atoms with Crippen LogP contribution in [0.15, 0.2) is 47.6 Å². The van der Waals surface area contributed by atoms with E-state index in [1.165, 1.54) is 22.9 Å². The van der Waals surface area contributed by atoms with Crippen molar-refractivity contribution in [2.45, 2.75) is 32.0 Å².